The molecule has 1 rings (SSSR count). The van der Waals surface area contributed by atoms with Crippen molar-refractivity contribution in [3.05, 3.63) is 6.07 Å². The first kappa shape index (κ1) is 10.4. The predicted molar refractivity (Wildman–Crippen MR) is 50.1 cm³/mol. The molecule has 4 N–H and O–H groups in total. The predicted octanol–water partition coefficient (Wildman–Crippen LogP) is 0.342. The van der Waals surface area contributed by atoms with E-state index in [-0.39, 0.29) is 17.6 Å². The Morgan fingerprint density at radius 2 is 2.07 bits per heavy atom. The van der Waals surface area contributed by atoms with Crippen LogP contribution in [-0.2, 0) is 0 Å². The molecule has 0 unspecified atom stereocenters. The van der Waals surface area contributed by atoms with Crippen LogP contribution in [0, 0.1) is 0 Å². The highest BCUT2D eigenvalue weighted by molar-refractivity contribution is 5.49. The van der Waals surface area contributed by atoms with Crippen LogP contribution in [0.15, 0.2) is 6.07 Å². The topological polar surface area (TPSA) is 81.1 Å². The normalized spacial score (nSPS) is 10.6. The molecule has 7 heteroatoms. The molecule has 78 valence electrons. The number of hydrogen-bond donors (Lipinski definition) is 2. The molecule has 0 spiro atoms. The molecule has 0 aliphatic carbocycles. The molecule has 1 aromatic rings. The van der Waals surface area contributed by atoms with Crippen molar-refractivity contribution in [1.82, 2.24) is 9.97 Å². The molecule has 1 aromatic heterocycles. The number of anilines is 3. The van der Waals surface area contributed by atoms with Crippen molar-refractivity contribution in [3.63, 3.8) is 0 Å². The quantitative estimate of drug-likeness (QED) is 0.740. The molecule has 0 radical (unpaired) electrons. The molecule has 0 aromatic carbocycles. The van der Waals surface area contributed by atoms with Crippen molar-refractivity contribution >= 4 is 17.6 Å². The monoisotopic (exact) mass is 203 g/mol. The SMILES string of the molecule is CN(CC(F)F)c1cc(N)nc(N)n1. The van der Waals surface area contributed by atoms with E-state index < -0.39 is 13.0 Å². The highest BCUT2D eigenvalue weighted by atomic mass is 19.3. The van der Waals surface area contributed by atoms with Crippen LogP contribution in [0.3, 0.4) is 0 Å². The Morgan fingerprint density at radius 3 is 2.57 bits per heavy atom. The minimum Gasteiger partial charge on any atom is -0.383 e. The number of nitrogens with two attached hydrogens (primary N) is 2. The molecular weight excluding hydrogens is 192 g/mol. The average Bonchev–Trinajstić information content (AvgIpc) is 2.00. The van der Waals surface area contributed by atoms with Gasteiger partial charge in [-0.3, -0.25) is 0 Å². The minimum absolute atomic E-state index is 0.0267. The smallest absolute Gasteiger partial charge is 0.255 e. The summed E-state index contributed by atoms with van der Waals surface area (Å²) >= 11 is 0. The second kappa shape index (κ2) is 4.03. The Balaban J connectivity index is 2.84. The molecule has 0 atom stereocenters. The van der Waals surface area contributed by atoms with Crippen LogP contribution >= 0.6 is 0 Å². The summed E-state index contributed by atoms with van der Waals surface area (Å²) in [6.45, 7) is -0.421. The summed E-state index contributed by atoms with van der Waals surface area (Å²) in [5, 5.41) is 0. The lowest BCUT2D eigenvalue weighted by Crippen LogP contribution is -2.25. The standard InChI is InChI=1S/C7H11F2N5/c1-14(3-4(8)9)6-2-5(10)12-7(11)13-6/h2,4H,3H2,1H3,(H4,10,11,12,13). The summed E-state index contributed by atoms with van der Waals surface area (Å²) in [5.41, 5.74) is 10.7. The lowest BCUT2D eigenvalue weighted by molar-refractivity contribution is 0.156. The van der Waals surface area contributed by atoms with Gasteiger partial charge in [0.1, 0.15) is 11.6 Å². The summed E-state index contributed by atoms with van der Waals surface area (Å²) in [7, 11) is 1.48. The molecule has 0 aliphatic rings. The van der Waals surface area contributed by atoms with Crippen LogP contribution in [0.4, 0.5) is 26.4 Å². The zero-order valence-corrected chi connectivity index (χ0v) is 7.61. The fourth-order valence-corrected chi connectivity index (χ4v) is 0.968. The van der Waals surface area contributed by atoms with Crippen LogP contribution in [-0.4, -0.2) is 30.0 Å². The maximum absolute atomic E-state index is 12.0. The fraction of sp³-hybridized carbons (Fsp3) is 0.429. The van der Waals surface area contributed by atoms with Gasteiger partial charge < -0.3 is 16.4 Å². The maximum atomic E-state index is 12.0. The van der Waals surface area contributed by atoms with Crippen molar-refractivity contribution in [1.29, 1.82) is 0 Å². The Hall–Kier alpha value is -1.66. The van der Waals surface area contributed by atoms with Crippen molar-refractivity contribution < 1.29 is 8.78 Å². The number of alkyl halides is 2. The molecule has 14 heavy (non-hydrogen) atoms. The summed E-state index contributed by atoms with van der Waals surface area (Å²) in [4.78, 5) is 8.66. The third-order valence-corrected chi connectivity index (χ3v) is 1.55. The minimum atomic E-state index is -2.43. The zero-order chi connectivity index (χ0) is 10.7. The van der Waals surface area contributed by atoms with Crippen molar-refractivity contribution in [3.8, 4) is 0 Å². The van der Waals surface area contributed by atoms with E-state index in [9.17, 15) is 8.78 Å². The van der Waals surface area contributed by atoms with Crippen LogP contribution in [0.5, 0.6) is 0 Å². The van der Waals surface area contributed by atoms with Gasteiger partial charge in [-0.25, -0.2) is 8.78 Å². The lowest BCUT2D eigenvalue weighted by atomic mass is 10.4. The van der Waals surface area contributed by atoms with E-state index in [0.717, 1.165) is 0 Å². The Morgan fingerprint density at radius 1 is 1.43 bits per heavy atom. The molecule has 0 bridgehead atoms. The zero-order valence-electron chi connectivity index (χ0n) is 7.61. The van der Waals surface area contributed by atoms with E-state index in [1.54, 1.807) is 0 Å². The van der Waals surface area contributed by atoms with Crippen molar-refractivity contribution in [2.24, 2.45) is 0 Å². The summed E-state index contributed by atoms with van der Waals surface area (Å²) < 4.78 is 24.0. The fourth-order valence-electron chi connectivity index (χ4n) is 0.968. The first-order valence-corrected chi connectivity index (χ1v) is 3.88. The van der Waals surface area contributed by atoms with E-state index in [2.05, 4.69) is 9.97 Å². The van der Waals surface area contributed by atoms with E-state index in [0.29, 0.717) is 0 Å². The van der Waals surface area contributed by atoms with Gasteiger partial charge in [0.05, 0.1) is 6.54 Å². The molecular formula is C7H11F2N5. The Kier molecular flexibility index (Phi) is 3.00. The number of nitrogen functional groups attached to an aromatic ring is 2. The highest BCUT2D eigenvalue weighted by Crippen LogP contribution is 2.14. The molecule has 0 saturated heterocycles. The average molecular weight is 203 g/mol. The third kappa shape index (κ3) is 2.68. The van der Waals surface area contributed by atoms with Crippen LogP contribution < -0.4 is 16.4 Å². The molecule has 5 nitrogen and oxygen atoms in total. The van der Waals surface area contributed by atoms with Crippen molar-refractivity contribution in [2.45, 2.75) is 6.43 Å². The largest absolute Gasteiger partial charge is 0.383 e. The molecule has 0 amide bonds. The van der Waals surface area contributed by atoms with Crippen LogP contribution in [0.1, 0.15) is 0 Å². The van der Waals surface area contributed by atoms with Gasteiger partial charge >= 0.3 is 0 Å². The second-order valence-corrected chi connectivity index (χ2v) is 2.78. The summed E-state index contributed by atoms with van der Waals surface area (Å²) in [6, 6.07) is 1.39. The summed E-state index contributed by atoms with van der Waals surface area (Å²) in [6.07, 6.45) is -2.43. The number of aromatic nitrogens is 2. The molecule has 0 aliphatic heterocycles. The van der Waals surface area contributed by atoms with Gasteiger partial charge in [0, 0.05) is 13.1 Å². The van der Waals surface area contributed by atoms with E-state index in [1.807, 2.05) is 0 Å². The van der Waals surface area contributed by atoms with Gasteiger partial charge in [0.15, 0.2) is 0 Å². The van der Waals surface area contributed by atoms with Crippen molar-refractivity contribution in [2.75, 3.05) is 30.0 Å². The van der Waals surface area contributed by atoms with E-state index in [4.69, 9.17) is 11.5 Å². The molecule has 1 heterocycles. The van der Waals surface area contributed by atoms with Gasteiger partial charge in [-0.2, -0.15) is 9.97 Å². The third-order valence-electron chi connectivity index (χ3n) is 1.55. The van der Waals surface area contributed by atoms with Crippen LogP contribution in [0.2, 0.25) is 0 Å². The first-order valence-electron chi connectivity index (χ1n) is 3.88. The van der Waals surface area contributed by atoms with Gasteiger partial charge in [-0.05, 0) is 0 Å². The lowest BCUT2D eigenvalue weighted by Gasteiger charge is -2.17. The van der Waals surface area contributed by atoms with E-state index >= 15 is 0 Å². The van der Waals surface area contributed by atoms with E-state index in [1.165, 1.54) is 18.0 Å². The summed E-state index contributed by atoms with van der Waals surface area (Å²) in [5.74, 6) is 0.421. The first-order chi connectivity index (χ1) is 6.49. The second-order valence-electron chi connectivity index (χ2n) is 2.78. The molecule has 0 fully saturated rings. The van der Waals surface area contributed by atoms with Gasteiger partial charge in [0.2, 0.25) is 5.95 Å². The Bertz CT molecular complexity index is 297. The maximum Gasteiger partial charge on any atom is 0.255 e. The Labute approximate surface area is 79.7 Å². The van der Waals surface area contributed by atoms with Gasteiger partial charge in [0.25, 0.3) is 6.43 Å². The van der Waals surface area contributed by atoms with Gasteiger partial charge in [-0.15, -0.1) is 0 Å². The number of rotatable bonds is 3. The number of halogens is 2. The molecule has 0 saturated carbocycles. The number of nitrogens with zero attached hydrogens (tertiary/aromatic N) is 3. The van der Waals surface area contributed by atoms with Crippen LogP contribution in [0.25, 0.3) is 0 Å². The number of hydrogen-bond acceptors (Lipinski definition) is 5. The van der Waals surface area contributed by atoms with Gasteiger partial charge in [-0.1, -0.05) is 0 Å². The highest BCUT2D eigenvalue weighted by Gasteiger charge is 2.10.